The summed E-state index contributed by atoms with van der Waals surface area (Å²) in [5.41, 5.74) is 0. The molecule has 104 valence electrons. The molecule has 3 atom stereocenters. The van der Waals surface area contributed by atoms with Gasteiger partial charge >= 0.3 is 12.0 Å². The van der Waals surface area contributed by atoms with Crippen molar-refractivity contribution in [2.75, 3.05) is 13.2 Å². The van der Waals surface area contributed by atoms with Crippen molar-refractivity contribution >= 4 is 12.0 Å². The molecule has 6 nitrogen and oxygen atoms in total. The molecule has 18 heavy (non-hydrogen) atoms. The van der Waals surface area contributed by atoms with Crippen molar-refractivity contribution in [3.05, 3.63) is 0 Å². The van der Waals surface area contributed by atoms with Gasteiger partial charge in [-0.1, -0.05) is 6.92 Å². The number of carboxylic acids is 1. The van der Waals surface area contributed by atoms with Crippen molar-refractivity contribution in [1.29, 1.82) is 0 Å². The number of urea groups is 1. The van der Waals surface area contributed by atoms with Crippen molar-refractivity contribution < 1.29 is 19.8 Å². The van der Waals surface area contributed by atoms with E-state index < -0.39 is 12.0 Å². The predicted molar refractivity (Wildman–Crippen MR) is 66.2 cm³/mol. The van der Waals surface area contributed by atoms with Gasteiger partial charge in [-0.3, -0.25) is 0 Å². The summed E-state index contributed by atoms with van der Waals surface area (Å²) >= 11 is 0. The summed E-state index contributed by atoms with van der Waals surface area (Å²) < 4.78 is 0. The van der Waals surface area contributed by atoms with E-state index in [0.29, 0.717) is 12.5 Å². The van der Waals surface area contributed by atoms with Gasteiger partial charge in [-0.15, -0.1) is 0 Å². The maximum atomic E-state index is 12.0. The number of amides is 2. The van der Waals surface area contributed by atoms with E-state index in [1.165, 1.54) is 0 Å². The topological polar surface area (TPSA) is 89.9 Å². The Morgan fingerprint density at radius 1 is 1.44 bits per heavy atom. The van der Waals surface area contributed by atoms with E-state index in [1.807, 2.05) is 6.92 Å². The second kappa shape index (κ2) is 6.58. The highest BCUT2D eigenvalue weighted by atomic mass is 16.4. The molecule has 1 saturated heterocycles. The van der Waals surface area contributed by atoms with Crippen molar-refractivity contribution in [2.24, 2.45) is 5.92 Å². The Kier molecular flexibility index (Phi) is 5.40. The van der Waals surface area contributed by atoms with Crippen LogP contribution in [0.1, 0.15) is 33.1 Å². The molecule has 0 aromatic heterocycles. The fraction of sp³-hybridized carbons (Fsp3) is 0.833. The maximum Gasteiger partial charge on any atom is 0.326 e. The lowest BCUT2D eigenvalue weighted by Crippen LogP contribution is -2.53. The number of hydrogen-bond acceptors (Lipinski definition) is 3. The van der Waals surface area contributed by atoms with Crippen LogP contribution in [0.25, 0.3) is 0 Å². The molecule has 1 fully saturated rings. The maximum absolute atomic E-state index is 12.0. The lowest BCUT2D eigenvalue weighted by molar-refractivity contribution is -0.139. The van der Waals surface area contributed by atoms with E-state index >= 15 is 0 Å². The van der Waals surface area contributed by atoms with E-state index in [0.717, 1.165) is 12.8 Å². The Labute approximate surface area is 107 Å². The first-order chi connectivity index (χ1) is 8.45. The molecule has 0 radical (unpaired) electrons. The number of rotatable bonds is 4. The van der Waals surface area contributed by atoms with Crippen molar-refractivity contribution in [3.8, 4) is 0 Å². The summed E-state index contributed by atoms with van der Waals surface area (Å²) in [6, 6.07) is -1.25. The quantitative estimate of drug-likeness (QED) is 0.690. The number of aliphatic carboxylic acids is 1. The average Bonchev–Trinajstić information content (AvgIpc) is 2.27. The molecule has 0 aromatic rings. The van der Waals surface area contributed by atoms with Crippen LogP contribution < -0.4 is 5.32 Å². The molecule has 0 aromatic carbocycles. The largest absolute Gasteiger partial charge is 0.480 e. The standard InChI is InChI=1S/C12H22N2O4/c1-8-3-5-14(9(2)7-8)12(18)13-10(4-6-15)11(16)17/h8-10,15H,3-7H2,1-2H3,(H,13,18)(H,16,17). The summed E-state index contributed by atoms with van der Waals surface area (Å²) in [5, 5.41) is 20.1. The van der Waals surface area contributed by atoms with Crippen LogP contribution in [0, 0.1) is 5.92 Å². The van der Waals surface area contributed by atoms with Gasteiger partial charge in [0.1, 0.15) is 6.04 Å². The highest BCUT2D eigenvalue weighted by molar-refractivity contribution is 5.82. The second-order valence-corrected chi connectivity index (χ2v) is 5.02. The van der Waals surface area contributed by atoms with E-state index in [2.05, 4.69) is 12.2 Å². The highest BCUT2D eigenvalue weighted by Gasteiger charge is 2.29. The third-order valence-corrected chi connectivity index (χ3v) is 3.41. The Morgan fingerprint density at radius 3 is 2.61 bits per heavy atom. The third kappa shape index (κ3) is 3.87. The van der Waals surface area contributed by atoms with E-state index in [-0.39, 0.29) is 25.1 Å². The number of nitrogens with zero attached hydrogens (tertiary/aromatic N) is 1. The first-order valence-electron chi connectivity index (χ1n) is 6.36. The Balaban J connectivity index is 2.55. The number of aliphatic hydroxyl groups excluding tert-OH is 1. The summed E-state index contributed by atoms with van der Waals surface area (Å²) in [7, 11) is 0. The zero-order valence-corrected chi connectivity index (χ0v) is 10.9. The lowest BCUT2D eigenvalue weighted by atomic mass is 9.94. The smallest absolute Gasteiger partial charge is 0.326 e. The summed E-state index contributed by atoms with van der Waals surface area (Å²) in [6.45, 7) is 4.51. The van der Waals surface area contributed by atoms with Crippen molar-refractivity contribution in [2.45, 2.75) is 45.2 Å². The monoisotopic (exact) mass is 258 g/mol. The van der Waals surface area contributed by atoms with Crippen LogP contribution in [-0.4, -0.2) is 52.3 Å². The molecule has 0 saturated carbocycles. The fourth-order valence-electron chi connectivity index (χ4n) is 2.33. The van der Waals surface area contributed by atoms with Gasteiger partial charge in [0.2, 0.25) is 0 Å². The van der Waals surface area contributed by atoms with Gasteiger partial charge in [-0.2, -0.15) is 0 Å². The van der Waals surface area contributed by atoms with Gasteiger partial charge in [0.15, 0.2) is 0 Å². The normalized spacial score (nSPS) is 25.6. The minimum Gasteiger partial charge on any atom is -0.480 e. The SMILES string of the molecule is CC1CCN(C(=O)NC(CCO)C(=O)O)C(C)C1. The van der Waals surface area contributed by atoms with Gasteiger partial charge < -0.3 is 20.4 Å². The first kappa shape index (κ1) is 14.8. The number of carbonyl (C=O) groups excluding carboxylic acids is 1. The fourth-order valence-corrected chi connectivity index (χ4v) is 2.33. The van der Waals surface area contributed by atoms with Gasteiger partial charge in [-0.25, -0.2) is 9.59 Å². The van der Waals surface area contributed by atoms with Gasteiger partial charge in [0, 0.05) is 25.6 Å². The van der Waals surface area contributed by atoms with E-state index in [9.17, 15) is 9.59 Å². The molecule has 0 spiro atoms. The van der Waals surface area contributed by atoms with Crippen LogP contribution >= 0.6 is 0 Å². The molecule has 1 heterocycles. The van der Waals surface area contributed by atoms with Crippen LogP contribution in [0.3, 0.4) is 0 Å². The molecule has 3 unspecified atom stereocenters. The number of nitrogens with one attached hydrogen (secondary N) is 1. The van der Waals surface area contributed by atoms with Gasteiger partial charge in [0.05, 0.1) is 0 Å². The van der Waals surface area contributed by atoms with Crippen LogP contribution in [0.15, 0.2) is 0 Å². The number of piperidine rings is 1. The molecular weight excluding hydrogens is 236 g/mol. The second-order valence-electron chi connectivity index (χ2n) is 5.02. The predicted octanol–water partition coefficient (Wildman–Crippen LogP) is 0.652. The number of hydrogen-bond donors (Lipinski definition) is 3. The van der Waals surface area contributed by atoms with Crippen molar-refractivity contribution in [3.63, 3.8) is 0 Å². The minimum absolute atomic E-state index is 0.0275. The van der Waals surface area contributed by atoms with Crippen LogP contribution in [0.4, 0.5) is 4.79 Å². The lowest BCUT2D eigenvalue weighted by Gasteiger charge is -2.37. The molecule has 1 aliphatic rings. The van der Waals surface area contributed by atoms with E-state index in [4.69, 9.17) is 10.2 Å². The molecule has 0 bridgehead atoms. The van der Waals surface area contributed by atoms with Gasteiger partial charge in [0.25, 0.3) is 0 Å². The summed E-state index contributed by atoms with van der Waals surface area (Å²) in [6.07, 6.45) is 1.90. The number of likely N-dealkylation sites (tertiary alicyclic amines) is 1. The van der Waals surface area contributed by atoms with Crippen LogP contribution in [0.2, 0.25) is 0 Å². The van der Waals surface area contributed by atoms with Crippen LogP contribution in [0.5, 0.6) is 0 Å². The molecule has 3 N–H and O–H groups in total. The molecule has 6 heteroatoms. The highest BCUT2D eigenvalue weighted by Crippen LogP contribution is 2.22. The van der Waals surface area contributed by atoms with Gasteiger partial charge in [-0.05, 0) is 25.7 Å². The molecule has 0 aliphatic carbocycles. The van der Waals surface area contributed by atoms with Crippen molar-refractivity contribution in [1.82, 2.24) is 10.2 Å². The average molecular weight is 258 g/mol. The zero-order valence-electron chi connectivity index (χ0n) is 10.9. The molecule has 1 rings (SSSR count). The molecule has 2 amide bonds. The number of carboxylic acid groups (broad SMARTS) is 1. The Hall–Kier alpha value is -1.30. The van der Waals surface area contributed by atoms with Crippen LogP contribution in [-0.2, 0) is 4.79 Å². The number of carbonyl (C=O) groups is 2. The summed E-state index contributed by atoms with van der Waals surface area (Å²) in [4.78, 5) is 24.5. The third-order valence-electron chi connectivity index (χ3n) is 3.41. The Bertz CT molecular complexity index is 308. The summed E-state index contributed by atoms with van der Waals surface area (Å²) in [5.74, 6) is -0.521. The first-order valence-corrected chi connectivity index (χ1v) is 6.36. The minimum atomic E-state index is -1.12. The number of aliphatic hydroxyl groups is 1. The zero-order chi connectivity index (χ0) is 13.7. The molecule has 1 aliphatic heterocycles. The Morgan fingerprint density at radius 2 is 2.11 bits per heavy atom. The molecular formula is C12H22N2O4. The van der Waals surface area contributed by atoms with E-state index in [1.54, 1.807) is 4.90 Å².